The molecule has 1 saturated heterocycles. The third-order valence-electron chi connectivity index (χ3n) is 4.63. The third kappa shape index (κ3) is 4.14. The minimum absolute atomic E-state index is 0.0237. The van der Waals surface area contributed by atoms with E-state index in [0.29, 0.717) is 30.9 Å². The zero-order valence-electron chi connectivity index (χ0n) is 15.1. The number of halogens is 1. The average Bonchev–Trinajstić information content (AvgIpc) is 2.68. The van der Waals surface area contributed by atoms with Crippen molar-refractivity contribution in [3.63, 3.8) is 0 Å². The van der Waals surface area contributed by atoms with Gasteiger partial charge in [0.25, 0.3) is 5.91 Å². The summed E-state index contributed by atoms with van der Waals surface area (Å²) < 4.78 is 23.9. The van der Waals surface area contributed by atoms with Crippen LogP contribution in [0, 0.1) is 5.82 Å². The number of hydrogen-bond donors (Lipinski definition) is 0. The monoisotopic (exact) mass is 358 g/mol. The second-order valence-electron chi connectivity index (χ2n) is 6.25. The van der Waals surface area contributed by atoms with Gasteiger partial charge in [0.05, 0.1) is 14.2 Å². The number of hydrogen-bond acceptors (Lipinski definition) is 4. The number of methoxy groups -OCH3 is 2. The van der Waals surface area contributed by atoms with Crippen LogP contribution in [0.4, 0.5) is 4.39 Å². The van der Waals surface area contributed by atoms with Gasteiger partial charge in [0.15, 0.2) is 0 Å². The quantitative estimate of drug-likeness (QED) is 0.824. The number of ether oxygens (including phenoxy) is 2. The molecule has 0 N–H and O–H groups in total. The molecule has 0 bridgehead atoms. The highest BCUT2D eigenvalue weighted by Crippen LogP contribution is 2.22. The van der Waals surface area contributed by atoms with Crippen LogP contribution in [0.1, 0.15) is 15.9 Å². The van der Waals surface area contributed by atoms with Gasteiger partial charge in [-0.3, -0.25) is 9.69 Å². The molecule has 0 spiro atoms. The summed E-state index contributed by atoms with van der Waals surface area (Å²) in [5, 5.41) is 0. The van der Waals surface area contributed by atoms with Gasteiger partial charge in [-0.15, -0.1) is 0 Å². The van der Waals surface area contributed by atoms with E-state index in [2.05, 4.69) is 4.90 Å². The Kier molecular flexibility index (Phi) is 5.73. The van der Waals surface area contributed by atoms with Crippen LogP contribution in [0.25, 0.3) is 0 Å². The molecule has 0 aromatic heterocycles. The van der Waals surface area contributed by atoms with Crippen LogP contribution in [0.5, 0.6) is 11.5 Å². The highest BCUT2D eigenvalue weighted by Gasteiger charge is 2.23. The molecule has 0 aliphatic carbocycles. The number of nitrogens with zero attached hydrogens (tertiary/aromatic N) is 2. The normalized spacial score (nSPS) is 15.0. The van der Waals surface area contributed by atoms with Gasteiger partial charge < -0.3 is 14.4 Å². The van der Waals surface area contributed by atoms with Gasteiger partial charge in [0, 0.05) is 43.9 Å². The Morgan fingerprint density at radius 3 is 2.31 bits per heavy atom. The summed E-state index contributed by atoms with van der Waals surface area (Å²) in [5.74, 6) is 1.17. The van der Waals surface area contributed by atoms with E-state index >= 15 is 0 Å². The zero-order valence-corrected chi connectivity index (χ0v) is 15.1. The van der Waals surface area contributed by atoms with E-state index in [1.807, 2.05) is 4.90 Å². The van der Waals surface area contributed by atoms with Crippen molar-refractivity contribution in [2.45, 2.75) is 6.54 Å². The van der Waals surface area contributed by atoms with Crippen LogP contribution >= 0.6 is 0 Å². The lowest BCUT2D eigenvalue weighted by molar-refractivity contribution is 0.0627. The SMILES string of the molecule is COc1ccc(C(=O)N2CCN(Cc3cc(F)ccc3OC)CC2)cc1. The summed E-state index contributed by atoms with van der Waals surface area (Å²) in [6, 6.07) is 11.7. The first kappa shape index (κ1) is 18.2. The number of benzene rings is 2. The minimum atomic E-state index is -0.269. The van der Waals surface area contributed by atoms with Gasteiger partial charge in [-0.25, -0.2) is 4.39 Å². The lowest BCUT2D eigenvalue weighted by Crippen LogP contribution is -2.48. The van der Waals surface area contributed by atoms with Crippen molar-refractivity contribution in [3.05, 3.63) is 59.4 Å². The summed E-state index contributed by atoms with van der Waals surface area (Å²) in [7, 11) is 3.19. The van der Waals surface area contributed by atoms with Gasteiger partial charge in [0.2, 0.25) is 0 Å². The van der Waals surface area contributed by atoms with E-state index in [1.54, 1.807) is 44.6 Å². The molecule has 0 saturated carbocycles. The first-order valence-corrected chi connectivity index (χ1v) is 8.59. The molecule has 5 nitrogen and oxygen atoms in total. The van der Waals surface area contributed by atoms with Gasteiger partial charge in [-0.05, 0) is 42.5 Å². The molecule has 1 heterocycles. The number of carbonyl (C=O) groups excluding carboxylic acids is 1. The van der Waals surface area contributed by atoms with Crippen LogP contribution in [0.3, 0.4) is 0 Å². The smallest absolute Gasteiger partial charge is 0.253 e. The number of amides is 1. The molecule has 6 heteroatoms. The maximum atomic E-state index is 13.5. The van der Waals surface area contributed by atoms with Crippen LogP contribution in [0.2, 0.25) is 0 Å². The Hall–Kier alpha value is -2.60. The molecule has 1 aliphatic heterocycles. The van der Waals surface area contributed by atoms with Crippen LogP contribution in [0.15, 0.2) is 42.5 Å². The molecule has 1 fully saturated rings. The summed E-state index contributed by atoms with van der Waals surface area (Å²) >= 11 is 0. The maximum Gasteiger partial charge on any atom is 0.253 e. The van der Waals surface area contributed by atoms with Crippen molar-refractivity contribution in [3.8, 4) is 11.5 Å². The number of carbonyl (C=O) groups is 1. The predicted molar refractivity (Wildman–Crippen MR) is 97.1 cm³/mol. The predicted octanol–water partition coefficient (Wildman–Crippen LogP) is 2.80. The molecule has 138 valence electrons. The molecule has 2 aromatic carbocycles. The van der Waals surface area contributed by atoms with E-state index < -0.39 is 0 Å². The standard InChI is InChI=1S/C20H23FN2O3/c1-25-18-6-3-15(4-7-18)20(24)23-11-9-22(10-12-23)14-16-13-17(21)5-8-19(16)26-2/h3-8,13H,9-12,14H2,1-2H3. The number of piperazine rings is 1. The summed E-state index contributed by atoms with van der Waals surface area (Å²) in [5.41, 5.74) is 1.48. The molecule has 0 unspecified atom stereocenters. The Bertz CT molecular complexity index is 756. The summed E-state index contributed by atoms with van der Waals surface area (Å²) in [6.07, 6.45) is 0. The highest BCUT2D eigenvalue weighted by atomic mass is 19.1. The number of rotatable bonds is 5. The van der Waals surface area contributed by atoms with E-state index in [-0.39, 0.29) is 11.7 Å². The minimum Gasteiger partial charge on any atom is -0.497 e. The van der Waals surface area contributed by atoms with Crippen molar-refractivity contribution >= 4 is 5.91 Å². The topological polar surface area (TPSA) is 42.0 Å². The first-order valence-electron chi connectivity index (χ1n) is 8.59. The van der Waals surface area contributed by atoms with Crippen molar-refractivity contribution in [1.82, 2.24) is 9.80 Å². The van der Waals surface area contributed by atoms with E-state index in [0.717, 1.165) is 24.4 Å². The Labute approximate surface area is 152 Å². The lowest BCUT2D eigenvalue weighted by atomic mass is 10.1. The Morgan fingerprint density at radius 2 is 1.69 bits per heavy atom. The molecular formula is C20H23FN2O3. The van der Waals surface area contributed by atoms with E-state index in [1.165, 1.54) is 12.1 Å². The van der Waals surface area contributed by atoms with Crippen LogP contribution < -0.4 is 9.47 Å². The maximum absolute atomic E-state index is 13.5. The lowest BCUT2D eigenvalue weighted by Gasteiger charge is -2.35. The second kappa shape index (κ2) is 8.19. The molecule has 1 amide bonds. The largest absolute Gasteiger partial charge is 0.497 e. The van der Waals surface area contributed by atoms with Crippen LogP contribution in [-0.2, 0) is 6.54 Å². The molecule has 2 aromatic rings. The Morgan fingerprint density at radius 1 is 1.00 bits per heavy atom. The van der Waals surface area contributed by atoms with Crippen molar-refractivity contribution in [2.24, 2.45) is 0 Å². The van der Waals surface area contributed by atoms with Gasteiger partial charge >= 0.3 is 0 Å². The van der Waals surface area contributed by atoms with Crippen molar-refractivity contribution in [2.75, 3.05) is 40.4 Å². The molecule has 0 atom stereocenters. The summed E-state index contributed by atoms with van der Waals surface area (Å²) in [4.78, 5) is 16.7. The molecule has 1 aliphatic rings. The summed E-state index contributed by atoms with van der Waals surface area (Å²) in [6.45, 7) is 3.36. The van der Waals surface area contributed by atoms with Gasteiger partial charge in [-0.1, -0.05) is 0 Å². The fraction of sp³-hybridized carbons (Fsp3) is 0.350. The van der Waals surface area contributed by atoms with Crippen LogP contribution in [-0.4, -0.2) is 56.1 Å². The molecular weight excluding hydrogens is 335 g/mol. The molecule has 3 rings (SSSR count). The van der Waals surface area contributed by atoms with E-state index in [4.69, 9.17) is 9.47 Å². The Balaban J connectivity index is 1.58. The van der Waals surface area contributed by atoms with E-state index in [9.17, 15) is 9.18 Å². The molecule has 0 radical (unpaired) electrons. The van der Waals surface area contributed by atoms with Crippen molar-refractivity contribution < 1.29 is 18.7 Å². The molecule has 26 heavy (non-hydrogen) atoms. The van der Waals surface area contributed by atoms with Gasteiger partial charge in [0.1, 0.15) is 17.3 Å². The fourth-order valence-corrected chi connectivity index (χ4v) is 3.14. The first-order chi connectivity index (χ1) is 12.6. The second-order valence-corrected chi connectivity index (χ2v) is 6.25. The van der Waals surface area contributed by atoms with Crippen molar-refractivity contribution in [1.29, 1.82) is 0 Å². The zero-order chi connectivity index (χ0) is 18.5. The average molecular weight is 358 g/mol. The highest BCUT2D eigenvalue weighted by molar-refractivity contribution is 5.94. The fourth-order valence-electron chi connectivity index (χ4n) is 3.14. The van der Waals surface area contributed by atoms with Gasteiger partial charge in [-0.2, -0.15) is 0 Å². The third-order valence-corrected chi connectivity index (χ3v) is 4.63.